The summed E-state index contributed by atoms with van der Waals surface area (Å²) in [4.78, 5) is 28.1. The molecule has 2 aliphatic heterocycles. The van der Waals surface area contributed by atoms with Crippen molar-refractivity contribution >= 4 is 17.6 Å². The van der Waals surface area contributed by atoms with Crippen LogP contribution in [0.2, 0.25) is 0 Å². The summed E-state index contributed by atoms with van der Waals surface area (Å²) in [5.41, 5.74) is 1.50. The van der Waals surface area contributed by atoms with E-state index >= 15 is 0 Å². The molecular formula is C32H33F4N3O4. The van der Waals surface area contributed by atoms with Gasteiger partial charge in [0.15, 0.2) is 11.6 Å². The molecule has 3 aromatic carbocycles. The van der Waals surface area contributed by atoms with Crippen LogP contribution in [0.1, 0.15) is 57.5 Å². The highest BCUT2D eigenvalue weighted by atomic mass is 19.4. The Morgan fingerprint density at radius 1 is 0.860 bits per heavy atom. The molecule has 2 fully saturated rings. The van der Waals surface area contributed by atoms with E-state index in [1.54, 1.807) is 18.2 Å². The number of aromatic carboxylic acids is 1. The quantitative estimate of drug-likeness (QED) is 0.310. The Kier molecular flexibility index (Phi) is 9.19. The van der Waals surface area contributed by atoms with Gasteiger partial charge in [-0.15, -0.1) is 0 Å². The summed E-state index contributed by atoms with van der Waals surface area (Å²) in [5.74, 6) is -1.86. The first-order valence-electron chi connectivity index (χ1n) is 14.3. The average Bonchev–Trinajstić information content (AvgIpc) is 2.99. The van der Waals surface area contributed by atoms with Crippen LogP contribution in [-0.4, -0.2) is 60.2 Å². The normalized spacial score (nSPS) is 17.1. The number of hydrogen-bond donors (Lipinski definition) is 2. The van der Waals surface area contributed by atoms with E-state index in [4.69, 9.17) is 9.84 Å². The van der Waals surface area contributed by atoms with Gasteiger partial charge >= 0.3 is 12.1 Å². The molecule has 0 bridgehead atoms. The molecule has 2 heterocycles. The van der Waals surface area contributed by atoms with Crippen molar-refractivity contribution in [1.82, 2.24) is 10.2 Å². The summed E-state index contributed by atoms with van der Waals surface area (Å²) in [7, 11) is 0. The summed E-state index contributed by atoms with van der Waals surface area (Å²) in [6.07, 6.45) is -1.98. The van der Waals surface area contributed by atoms with Gasteiger partial charge < -0.3 is 20.1 Å². The Morgan fingerprint density at radius 2 is 1.49 bits per heavy atom. The van der Waals surface area contributed by atoms with Gasteiger partial charge in [-0.1, -0.05) is 12.1 Å². The number of nitrogens with one attached hydrogen (secondary N) is 1. The first kappa shape index (κ1) is 30.3. The minimum atomic E-state index is -4.38. The number of carbonyl (C=O) groups is 2. The van der Waals surface area contributed by atoms with E-state index in [-0.39, 0.29) is 34.9 Å². The monoisotopic (exact) mass is 599 g/mol. The number of benzene rings is 3. The van der Waals surface area contributed by atoms with E-state index in [1.165, 1.54) is 24.3 Å². The van der Waals surface area contributed by atoms with Crippen LogP contribution in [0, 0.1) is 5.82 Å². The van der Waals surface area contributed by atoms with Crippen molar-refractivity contribution in [1.29, 1.82) is 0 Å². The number of likely N-dealkylation sites (tertiary alicyclic amines) is 1. The number of ether oxygens (including phenoxy) is 1. The van der Waals surface area contributed by atoms with Crippen molar-refractivity contribution in [2.75, 3.05) is 31.1 Å². The topological polar surface area (TPSA) is 82.1 Å². The second-order valence-electron chi connectivity index (χ2n) is 11.0. The molecule has 5 rings (SSSR count). The van der Waals surface area contributed by atoms with Gasteiger partial charge in [-0.2, -0.15) is 13.2 Å². The van der Waals surface area contributed by atoms with Gasteiger partial charge in [0.25, 0.3) is 5.91 Å². The average molecular weight is 600 g/mol. The molecule has 0 aliphatic carbocycles. The van der Waals surface area contributed by atoms with Crippen LogP contribution in [0.4, 0.5) is 23.2 Å². The largest absolute Gasteiger partial charge is 0.487 e. The SMILES string of the molecule is O=C(O)c1ccc(CN2CCC(NC(=O)c3ccc(OC4CCN(c5ccc(C(F)(F)F)cc5)CC4)c(F)c3)CC2)cc1. The number of halogens is 4. The van der Waals surface area contributed by atoms with Gasteiger partial charge in [0.2, 0.25) is 0 Å². The molecule has 228 valence electrons. The Morgan fingerprint density at radius 3 is 2.07 bits per heavy atom. The summed E-state index contributed by atoms with van der Waals surface area (Å²) in [6, 6.07) is 16.0. The van der Waals surface area contributed by atoms with Gasteiger partial charge in [-0.3, -0.25) is 9.69 Å². The predicted molar refractivity (Wildman–Crippen MR) is 153 cm³/mol. The zero-order valence-corrected chi connectivity index (χ0v) is 23.4. The molecule has 0 atom stereocenters. The van der Waals surface area contributed by atoms with Crippen molar-refractivity contribution in [2.45, 2.75) is 50.6 Å². The van der Waals surface area contributed by atoms with E-state index in [2.05, 4.69) is 10.2 Å². The molecule has 7 nitrogen and oxygen atoms in total. The van der Waals surface area contributed by atoms with Crippen molar-refractivity contribution < 1.29 is 37.0 Å². The van der Waals surface area contributed by atoms with Gasteiger partial charge in [0, 0.05) is 62.9 Å². The Hall–Kier alpha value is -4.12. The standard InChI is InChI=1S/C32H33F4N3O4/c33-28-19-23(30(40)37-25-11-15-38(16-12-25)20-21-1-3-22(4-2-21)31(41)42)5-10-29(28)43-27-13-17-39(18-14-27)26-8-6-24(7-9-26)32(34,35)36/h1-10,19,25,27H,11-18,20H2,(H,37,40)(H,41,42). The van der Waals surface area contributed by atoms with E-state index in [0.717, 1.165) is 43.6 Å². The fourth-order valence-corrected chi connectivity index (χ4v) is 5.53. The highest BCUT2D eigenvalue weighted by Gasteiger charge is 2.30. The third-order valence-corrected chi connectivity index (χ3v) is 8.02. The molecule has 2 aliphatic rings. The molecule has 3 aromatic rings. The second-order valence-corrected chi connectivity index (χ2v) is 11.0. The van der Waals surface area contributed by atoms with Crippen LogP contribution in [0.5, 0.6) is 5.75 Å². The van der Waals surface area contributed by atoms with Crippen LogP contribution in [-0.2, 0) is 12.7 Å². The molecule has 0 spiro atoms. The number of piperidine rings is 2. The summed E-state index contributed by atoms with van der Waals surface area (Å²) in [5, 5.41) is 12.0. The molecule has 0 saturated carbocycles. The molecular weight excluding hydrogens is 566 g/mol. The number of carboxylic acid groups (broad SMARTS) is 1. The van der Waals surface area contributed by atoms with E-state index in [9.17, 15) is 27.2 Å². The van der Waals surface area contributed by atoms with E-state index < -0.39 is 23.5 Å². The Balaban J connectivity index is 1.06. The molecule has 2 N–H and O–H groups in total. The molecule has 11 heteroatoms. The fraction of sp³-hybridized carbons (Fsp3) is 0.375. The molecule has 0 aromatic heterocycles. The molecule has 2 saturated heterocycles. The Labute approximate surface area is 247 Å². The van der Waals surface area contributed by atoms with Crippen molar-refractivity contribution in [3.63, 3.8) is 0 Å². The van der Waals surface area contributed by atoms with Crippen molar-refractivity contribution in [3.8, 4) is 5.75 Å². The summed E-state index contributed by atoms with van der Waals surface area (Å²) < 4.78 is 59.3. The Bertz CT molecular complexity index is 1410. The van der Waals surface area contributed by atoms with Crippen LogP contribution in [0.3, 0.4) is 0 Å². The minimum absolute atomic E-state index is 0.0352. The minimum Gasteiger partial charge on any atom is -0.487 e. The number of carboxylic acids is 1. The molecule has 0 unspecified atom stereocenters. The smallest absolute Gasteiger partial charge is 0.416 e. The molecule has 1 amide bonds. The highest BCUT2D eigenvalue weighted by Crippen LogP contribution is 2.32. The lowest BCUT2D eigenvalue weighted by atomic mass is 10.0. The van der Waals surface area contributed by atoms with Crippen LogP contribution >= 0.6 is 0 Å². The maximum Gasteiger partial charge on any atom is 0.416 e. The predicted octanol–water partition coefficient (Wildman–Crippen LogP) is 5.98. The third kappa shape index (κ3) is 7.84. The number of carbonyl (C=O) groups excluding carboxylic acids is 1. The molecule has 43 heavy (non-hydrogen) atoms. The maximum absolute atomic E-state index is 14.9. The zero-order chi connectivity index (χ0) is 30.6. The van der Waals surface area contributed by atoms with Gasteiger partial charge in [-0.25, -0.2) is 9.18 Å². The lowest BCUT2D eigenvalue weighted by molar-refractivity contribution is -0.137. The number of anilines is 1. The van der Waals surface area contributed by atoms with Gasteiger partial charge in [-0.05, 0) is 73.0 Å². The first-order valence-corrected chi connectivity index (χ1v) is 14.3. The summed E-state index contributed by atoms with van der Waals surface area (Å²) in [6.45, 7) is 3.36. The number of alkyl halides is 3. The van der Waals surface area contributed by atoms with Crippen molar-refractivity contribution in [2.24, 2.45) is 0 Å². The number of rotatable bonds is 8. The maximum atomic E-state index is 14.9. The van der Waals surface area contributed by atoms with E-state index in [1.807, 2.05) is 17.0 Å². The molecule has 0 radical (unpaired) electrons. The number of hydrogen-bond acceptors (Lipinski definition) is 5. The van der Waals surface area contributed by atoms with Gasteiger partial charge in [0.05, 0.1) is 11.1 Å². The zero-order valence-electron chi connectivity index (χ0n) is 23.4. The fourth-order valence-electron chi connectivity index (χ4n) is 5.53. The second kappa shape index (κ2) is 13.0. The van der Waals surface area contributed by atoms with Crippen LogP contribution in [0.15, 0.2) is 66.7 Å². The lowest BCUT2D eigenvalue weighted by Crippen LogP contribution is -2.44. The number of amides is 1. The highest BCUT2D eigenvalue weighted by molar-refractivity contribution is 5.94. The third-order valence-electron chi connectivity index (χ3n) is 8.02. The first-order chi connectivity index (χ1) is 20.5. The van der Waals surface area contributed by atoms with E-state index in [0.29, 0.717) is 38.2 Å². The van der Waals surface area contributed by atoms with Crippen LogP contribution in [0.25, 0.3) is 0 Å². The lowest BCUT2D eigenvalue weighted by Gasteiger charge is -2.34. The van der Waals surface area contributed by atoms with Crippen molar-refractivity contribution in [3.05, 3.63) is 94.8 Å². The summed E-state index contributed by atoms with van der Waals surface area (Å²) >= 11 is 0. The number of nitrogens with zero attached hydrogens (tertiary/aromatic N) is 2. The van der Waals surface area contributed by atoms with Crippen LogP contribution < -0.4 is 15.0 Å². The van der Waals surface area contributed by atoms with Gasteiger partial charge in [0.1, 0.15) is 6.10 Å².